The largest absolute Gasteiger partial charge is 0.493 e. The number of carbonyl (C=O) groups is 1. The van der Waals surface area contributed by atoms with Crippen LogP contribution >= 0.6 is 23.6 Å². The summed E-state index contributed by atoms with van der Waals surface area (Å²) in [6, 6.07) is 5.44. The summed E-state index contributed by atoms with van der Waals surface area (Å²) in [5, 5.41) is 16.4. The Morgan fingerprint density at radius 1 is 1.24 bits per heavy atom. The molecule has 9 heteroatoms. The van der Waals surface area contributed by atoms with Crippen LogP contribution in [-0.4, -0.2) is 32.3 Å². The zero-order valence-electron chi connectivity index (χ0n) is 20.5. The number of methoxy groups -OCH3 is 3. The molecule has 0 aliphatic heterocycles. The van der Waals surface area contributed by atoms with Crippen molar-refractivity contribution < 1.29 is 19.0 Å². The van der Waals surface area contributed by atoms with Gasteiger partial charge >= 0.3 is 0 Å². The Balaban J connectivity index is 1.77. The number of benzene rings is 1. The van der Waals surface area contributed by atoms with Gasteiger partial charge in [-0.05, 0) is 60.5 Å². The van der Waals surface area contributed by atoms with Gasteiger partial charge < -0.3 is 19.5 Å². The Morgan fingerprint density at radius 3 is 2.41 bits per heavy atom. The van der Waals surface area contributed by atoms with Gasteiger partial charge in [-0.25, -0.2) is 0 Å². The van der Waals surface area contributed by atoms with Crippen LogP contribution in [0.2, 0.25) is 0 Å². The van der Waals surface area contributed by atoms with E-state index >= 15 is 0 Å². The summed E-state index contributed by atoms with van der Waals surface area (Å²) in [5.41, 5.74) is 2.29. The fourth-order valence-electron chi connectivity index (χ4n) is 4.27. The molecule has 34 heavy (non-hydrogen) atoms. The van der Waals surface area contributed by atoms with Crippen LogP contribution in [0.15, 0.2) is 12.1 Å². The number of thiocarbonyl (C=S) groups is 1. The van der Waals surface area contributed by atoms with Gasteiger partial charge in [0.25, 0.3) is 5.91 Å². The predicted octanol–water partition coefficient (Wildman–Crippen LogP) is 5.31. The van der Waals surface area contributed by atoms with Crippen LogP contribution in [0.25, 0.3) is 0 Å². The molecular formula is C25H31N3O4S2. The highest BCUT2D eigenvalue weighted by atomic mass is 32.1. The molecule has 0 fully saturated rings. The number of rotatable bonds is 7. The van der Waals surface area contributed by atoms with Crippen LogP contribution in [0.4, 0.5) is 5.00 Å². The van der Waals surface area contributed by atoms with Crippen molar-refractivity contribution in [1.29, 1.82) is 5.26 Å². The van der Waals surface area contributed by atoms with E-state index in [2.05, 4.69) is 37.5 Å². The lowest BCUT2D eigenvalue weighted by atomic mass is 9.69. The van der Waals surface area contributed by atoms with E-state index in [0.29, 0.717) is 39.3 Å². The SMILES string of the molecule is CCC(C)(C)[C@@H]1CCc2c(sc(NC(=S)NC(=O)c3cc(OC)c(OC)c(OC)c3)c2C#N)C1. The van der Waals surface area contributed by atoms with Crippen LogP contribution in [0, 0.1) is 22.7 Å². The minimum atomic E-state index is -0.429. The van der Waals surface area contributed by atoms with Gasteiger partial charge in [-0.2, -0.15) is 5.26 Å². The van der Waals surface area contributed by atoms with Gasteiger partial charge in [-0.3, -0.25) is 10.1 Å². The minimum Gasteiger partial charge on any atom is -0.493 e. The van der Waals surface area contributed by atoms with Crippen molar-refractivity contribution in [3.05, 3.63) is 33.7 Å². The molecule has 1 aromatic carbocycles. The number of nitriles is 1. The summed E-state index contributed by atoms with van der Waals surface area (Å²) < 4.78 is 15.9. The monoisotopic (exact) mass is 501 g/mol. The Labute approximate surface area is 210 Å². The molecule has 1 aliphatic rings. The van der Waals surface area contributed by atoms with Crippen LogP contribution in [0.5, 0.6) is 17.2 Å². The summed E-state index contributed by atoms with van der Waals surface area (Å²) in [5.74, 6) is 1.28. The van der Waals surface area contributed by atoms with E-state index in [4.69, 9.17) is 26.4 Å². The number of fused-ring (bicyclic) bond motifs is 1. The summed E-state index contributed by atoms with van der Waals surface area (Å²) >= 11 is 6.96. The summed E-state index contributed by atoms with van der Waals surface area (Å²) in [6.07, 6.45) is 4.03. The molecule has 0 saturated carbocycles. The predicted molar refractivity (Wildman–Crippen MR) is 138 cm³/mol. The highest BCUT2D eigenvalue weighted by Gasteiger charge is 2.34. The van der Waals surface area contributed by atoms with Crippen molar-refractivity contribution in [2.75, 3.05) is 26.6 Å². The van der Waals surface area contributed by atoms with Gasteiger partial charge in [-0.1, -0.05) is 27.2 Å². The standard InChI is InChI=1S/C25H31N3O4S2/c1-7-25(2,3)15-8-9-16-17(13-26)23(34-20(16)12-15)28-24(33)27-22(29)14-10-18(30-4)21(32-6)19(11-14)31-5/h10-11,15H,7-9,12H2,1-6H3,(H2,27,28,29,33)/t15-/m1/s1. The zero-order chi connectivity index (χ0) is 25.0. The second-order valence-electron chi connectivity index (χ2n) is 8.92. The van der Waals surface area contributed by atoms with E-state index in [0.717, 1.165) is 31.2 Å². The fourth-order valence-corrected chi connectivity index (χ4v) is 5.81. The number of anilines is 1. The Morgan fingerprint density at radius 2 is 1.88 bits per heavy atom. The van der Waals surface area contributed by atoms with Gasteiger partial charge in [0, 0.05) is 10.4 Å². The maximum atomic E-state index is 12.9. The van der Waals surface area contributed by atoms with Gasteiger partial charge in [-0.15, -0.1) is 11.3 Å². The van der Waals surface area contributed by atoms with Gasteiger partial charge in [0.2, 0.25) is 5.75 Å². The van der Waals surface area contributed by atoms with Crippen molar-refractivity contribution >= 4 is 39.6 Å². The van der Waals surface area contributed by atoms with Gasteiger partial charge in [0.15, 0.2) is 16.6 Å². The maximum absolute atomic E-state index is 12.9. The maximum Gasteiger partial charge on any atom is 0.257 e. The molecule has 0 radical (unpaired) electrons. The molecule has 1 atom stereocenters. The van der Waals surface area contributed by atoms with Crippen LogP contribution in [-0.2, 0) is 12.8 Å². The molecule has 0 saturated heterocycles. The van der Waals surface area contributed by atoms with Crippen molar-refractivity contribution in [3.8, 4) is 23.3 Å². The summed E-state index contributed by atoms with van der Waals surface area (Å²) in [4.78, 5) is 14.1. The lowest BCUT2D eigenvalue weighted by Gasteiger charge is -2.36. The fraction of sp³-hybridized carbons (Fsp3) is 0.480. The molecule has 1 aliphatic carbocycles. The van der Waals surface area contributed by atoms with Crippen molar-refractivity contribution in [2.24, 2.45) is 11.3 Å². The second kappa shape index (κ2) is 10.6. The average Bonchev–Trinajstić information content (AvgIpc) is 3.18. The van der Waals surface area contributed by atoms with E-state index in [9.17, 15) is 10.1 Å². The molecule has 0 spiro atoms. The molecular weight excluding hydrogens is 470 g/mol. The number of thiophene rings is 1. The Hall–Kier alpha value is -2.83. The van der Waals surface area contributed by atoms with Crippen LogP contribution < -0.4 is 24.8 Å². The molecule has 182 valence electrons. The first-order valence-electron chi connectivity index (χ1n) is 11.2. The lowest BCUT2D eigenvalue weighted by Crippen LogP contribution is -2.34. The third-order valence-corrected chi connectivity index (χ3v) is 8.15. The molecule has 2 aromatic rings. The second-order valence-corrected chi connectivity index (χ2v) is 10.4. The van der Waals surface area contributed by atoms with Crippen molar-refractivity contribution in [2.45, 2.75) is 46.5 Å². The van der Waals surface area contributed by atoms with E-state index in [1.807, 2.05) is 0 Å². The average molecular weight is 502 g/mol. The van der Waals surface area contributed by atoms with Gasteiger partial charge in [0.05, 0.1) is 26.9 Å². The molecule has 7 nitrogen and oxygen atoms in total. The third kappa shape index (κ3) is 5.13. The molecule has 1 heterocycles. The molecule has 2 N–H and O–H groups in total. The highest BCUT2D eigenvalue weighted by molar-refractivity contribution is 7.80. The molecule has 3 rings (SSSR count). The van der Waals surface area contributed by atoms with E-state index in [1.165, 1.54) is 26.2 Å². The number of nitrogens with zero attached hydrogens (tertiary/aromatic N) is 1. The first-order chi connectivity index (χ1) is 16.2. The molecule has 1 amide bonds. The van der Waals surface area contributed by atoms with Crippen LogP contribution in [0.1, 0.15) is 60.0 Å². The molecule has 1 aromatic heterocycles. The number of nitrogens with one attached hydrogen (secondary N) is 2. The molecule has 0 bridgehead atoms. The quantitative estimate of drug-likeness (QED) is 0.497. The number of amides is 1. The summed E-state index contributed by atoms with van der Waals surface area (Å²) in [6.45, 7) is 6.86. The normalized spacial score (nSPS) is 15.0. The van der Waals surface area contributed by atoms with Crippen LogP contribution in [0.3, 0.4) is 0 Å². The lowest BCUT2D eigenvalue weighted by molar-refractivity contribution is 0.0977. The van der Waals surface area contributed by atoms with E-state index in [1.54, 1.807) is 23.5 Å². The van der Waals surface area contributed by atoms with Gasteiger partial charge in [0.1, 0.15) is 11.1 Å². The first-order valence-corrected chi connectivity index (χ1v) is 12.4. The third-order valence-electron chi connectivity index (χ3n) is 6.77. The smallest absolute Gasteiger partial charge is 0.257 e. The van der Waals surface area contributed by atoms with Crippen molar-refractivity contribution in [3.63, 3.8) is 0 Å². The first kappa shape index (κ1) is 25.8. The topological polar surface area (TPSA) is 92.6 Å². The Bertz CT molecular complexity index is 1110. The van der Waals surface area contributed by atoms with Crippen molar-refractivity contribution in [1.82, 2.24) is 5.32 Å². The number of hydrogen-bond acceptors (Lipinski definition) is 7. The number of carbonyl (C=O) groups excluding carboxylic acids is 1. The molecule has 0 unspecified atom stereocenters. The van der Waals surface area contributed by atoms with E-state index < -0.39 is 5.91 Å². The Kier molecular flexibility index (Phi) is 8.05. The number of ether oxygens (including phenoxy) is 3. The zero-order valence-corrected chi connectivity index (χ0v) is 22.1. The highest BCUT2D eigenvalue weighted by Crippen LogP contribution is 2.45. The summed E-state index contributed by atoms with van der Waals surface area (Å²) in [7, 11) is 4.47. The number of hydrogen-bond donors (Lipinski definition) is 2. The minimum absolute atomic E-state index is 0.124. The van der Waals surface area contributed by atoms with E-state index in [-0.39, 0.29) is 10.5 Å².